The van der Waals surface area contributed by atoms with Crippen LogP contribution in [0, 0.1) is 0 Å². The van der Waals surface area contributed by atoms with Crippen LogP contribution in [0.25, 0.3) is 10.2 Å². The van der Waals surface area contributed by atoms with Crippen LogP contribution in [-0.2, 0) is 4.79 Å². The summed E-state index contributed by atoms with van der Waals surface area (Å²) in [6.07, 6.45) is 2.37. The van der Waals surface area contributed by atoms with Crippen LogP contribution in [0.2, 0.25) is 0 Å². The number of aromatic nitrogens is 1. The van der Waals surface area contributed by atoms with Gasteiger partial charge in [-0.15, -0.1) is 11.3 Å². The molecule has 6 heteroatoms. The van der Waals surface area contributed by atoms with Gasteiger partial charge in [-0.05, 0) is 31.5 Å². The number of thiazole rings is 1. The first-order valence-electron chi connectivity index (χ1n) is 6.80. The lowest BCUT2D eigenvalue weighted by molar-refractivity contribution is -0.118. The summed E-state index contributed by atoms with van der Waals surface area (Å²) < 4.78 is 2.13. The van der Waals surface area contributed by atoms with Crippen LogP contribution in [-0.4, -0.2) is 35.8 Å². The van der Waals surface area contributed by atoms with Gasteiger partial charge in [-0.25, -0.2) is 4.98 Å². The summed E-state index contributed by atoms with van der Waals surface area (Å²) in [7, 11) is 0. The summed E-state index contributed by atoms with van der Waals surface area (Å²) in [4.78, 5) is 16.3. The zero-order valence-corrected chi connectivity index (χ0v) is 12.7. The van der Waals surface area contributed by atoms with E-state index in [1.165, 1.54) is 22.9 Å². The lowest BCUT2D eigenvalue weighted by Crippen LogP contribution is -2.37. The van der Waals surface area contributed by atoms with E-state index in [0.29, 0.717) is 11.8 Å². The summed E-state index contributed by atoms with van der Waals surface area (Å²) in [5.41, 5.74) is 1.01. The number of hydrogen-bond acceptors (Lipinski definition) is 5. The van der Waals surface area contributed by atoms with Gasteiger partial charge in [0.1, 0.15) is 0 Å². The highest BCUT2D eigenvalue weighted by Crippen LogP contribution is 2.28. The first kappa shape index (κ1) is 13.9. The topological polar surface area (TPSA) is 54.0 Å². The SMILES string of the molecule is O=C(CSc1nc2ccccc2s1)NCC1CCCN1. The zero-order valence-electron chi connectivity index (χ0n) is 11.1. The minimum Gasteiger partial charge on any atom is -0.354 e. The number of carbonyl (C=O) groups is 1. The Labute approximate surface area is 126 Å². The molecule has 2 heterocycles. The fraction of sp³-hybridized carbons (Fsp3) is 0.429. The molecule has 1 atom stereocenters. The molecular formula is C14H17N3OS2. The van der Waals surface area contributed by atoms with Gasteiger partial charge in [0, 0.05) is 12.6 Å². The Morgan fingerprint density at radius 1 is 1.50 bits per heavy atom. The Bertz CT molecular complexity index is 560. The fourth-order valence-electron chi connectivity index (χ4n) is 2.26. The number of amides is 1. The smallest absolute Gasteiger partial charge is 0.230 e. The zero-order chi connectivity index (χ0) is 13.8. The predicted molar refractivity (Wildman–Crippen MR) is 84.4 cm³/mol. The van der Waals surface area contributed by atoms with E-state index in [9.17, 15) is 4.79 Å². The van der Waals surface area contributed by atoms with Gasteiger partial charge >= 0.3 is 0 Å². The maximum Gasteiger partial charge on any atom is 0.230 e. The Balaban J connectivity index is 1.47. The van der Waals surface area contributed by atoms with Crippen LogP contribution in [0.3, 0.4) is 0 Å². The van der Waals surface area contributed by atoms with Crippen molar-refractivity contribution >= 4 is 39.2 Å². The van der Waals surface area contributed by atoms with Crippen molar-refractivity contribution in [2.75, 3.05) is 18.8 Å². The number of hydrogen-bond donors (Lipinski definition) is 2. The largest absolute Gasteiger partial charge is 0.354 e. The third kappa shape index (κ3) is 3.50. The molecule has 1 unspecified atom stereocenters. The maximum absolute atomic E-state index is 11.8. The van der Waals surface area contributed by atoms with E-state index in [1.54, 1.807) is 11.3 Å². The minimum absolute atomic E-state index is 0.0861. The Morgan fingerprint density at radius 3 is 3.20 bits per heavy atom. The molecule has 1 saturated heterocycles. The number of nitrogens with zero attached hydrogens (tertiary/aromatic N) is 1. The molecule has 3 rings (SSSR count). The monoisotopic (exact) mass is 307 g/mol. The van der Waals surface area contributed by atoms with Crippen molar-refractivity contribution in [3.05, 3.63) is 24.3 Å². The predicted octanol–water partition coefficient (Wildman–Crippen LogP) is 2.26. The van der Waals surface area contributed by atoms with E-state index in [0.717, 1.165) is 29.4 Å². The molecule has 1 amide bonds. The maximum atomic E-state index is 11.8. The summed E-state index contributed by atoms with van der Waals surface area (Å²) in [6, 6.07) is 8.50. The highest BCUT2D eigenvalue weighted by Gasteiger charge is 2.15. The van der Waals surface area contributed by atoms with Crippen LogP contribution in [0.4, 0.5) is 0 Å². The highest BCUT2D eigenvalue weighted by molar-refractivity contribution is 8.01. The van der Waals surface area contributed by atoms with Crippen molar-refractivity contribution in [3.8, 4) is 0 Å². The van der Waals surface area contributed by atoms with Crippen molar-refractivity contribution in [2.45, 2.75) is 23.2 Å². The van der Waals surface area contributed by atoms with Crippen LogP contribution in [0.15, 0.2) is 28.6 Å². The molecule has 106 valence electrons. The molecule has 0 radical (unpaired) electrons. The van der Waals surface area contributed by atoms with E-state index in [2.05, 4.69) is 21.7 Å². The van der Waals surface area contributed by atoms with E-state index >= 15 is 0 Å². The molecule has 0 spiro atoms. The number of carbonyl (C=O) groups excluding carboxylic acids is 1. The molecule has 2 aromatic rings. The van der Waals surface area contributed by atoms with Crippen molar-refractivity contribution in [3.63, 3.8) is 0 Å². The standard InChI is InChI=1S/C14H17N3OS2/c18-13(16-8-10-4-3-7-15-10)9-19-14-17-11-5-1-2-6-12(11)20-14/h1-2,5-6,10,15H,3-4,7-9H2,(H,16,18). The number of rotatable bonds is 5. The van der Waals surface area contributed by atoms with Crippen molar-refractivity contribution in [1.82, 2.24) is 15.6 Å². The second-order valence-corrected chi connectivity index (χ2v) is 7.09. The second-order valence-electron chi connectivity index (χ2n) is 4.83. The molecule has 20 heavy (non-hydrogen) atoms. The van der Waals surface area contributed by atoms with Gasteiger partial charge in [0.05, 0.1) is 16.0 Å². The summed E-state index contributed by atoms with van der Waals surface area (Å²) in [6.45, 7) is 1.81. The minimum atomic E-state index is 0.0861. The third-order valence-corrected chi connectivity index (χ3v) is 5.49. The van der Waals surface area contributed by atoms with Gasteiger partial charge < -0.3 is 10.6 Å². The molecule has 1 fully saturated rings. The van der Waals surface area contributed by atoms with Crippen LogP contribution < -0.4 is 10.6 Å². The number of thioether (sulfide) groups is 1. The first-order valence-corrected chi connectivity index (χ1v) is 8.60. The van der Waals surface area contributed by atoms with Gasteiger partial charge in [-0.3, -0.25) is 4.79 Å². The van der Waals surface area contributed by atoms with Gasteiger partial charge in [-0.2, -0.15) is 0 Å². The highest BCUT2D eigenvalue weighted by atomic mass is 32.2. The Morgan fingerprint density at radius 2 is 2.40 bits per heavy atom. The number of nitrogens with one attached hydrogen (secondary N) is 2. The molecule has 1 aromatic carbocycles. The van der Waals surface area contributed by atoms with Crippen molar-refractivity contribution in [1.29, 1.82) is 0 Å². The molecule has 2 N–H and O–H groups in total. The van der Waals surface area contributed by atoms with E-state index < -0.39 is 0 Å². The van der Waals surface area contributed by atoms with E-state index in [4.69, 9.17) is 0 Å². The fourth-order valence-corrected chi connectivity index (χ4v) is 4.16. The molecule has 1 aliphatic heterocycles. The average Bonchev–Trinajstić information content (AvgIpc) is 3.11. The molecule has 1 aromatic heterocycles. The molecule has 0 aliphatic carbocycles. The summed E-state index contributed by atoms with van der Waals surface area (Å²) in [5.74, 6) is 0.523. The van der Waals surface area contributed by atoms with E-state index in [1.807, 2.05) is 18.2 Å². The van der Waals surface area contributed by atoms with Crippen LogP contribution >= 0.6 is 23.1 Å². The summed E-state index contributed by atoms with van der Waals surface area (Å²) in [5, 5.41) is 6.35. The van der Waals surface area contributed by atoms with Gasteiger partial charge in [0.15, 0.2) is 4.34 Å². The van der Waals surface area contributed by atoms with Gasteiger partial charge in [0.2, 0.25) is 5.91 Å². The van der Waals surface area contributed by atoms with E-state index in [-0.39, 0.29) is 5.91 Å². The van der Waals surface area contributed by atoms with Crippen molar-refractivity contribution < 1.29 is 4.79 Å². The lowest BCUT2D eigenvalue weighted by atomic mass is 10.2. The first-order chi connectivity index (χ1) is 9.81. The van der Waals surface area contributed by atoms with Crippen LogP contribution in [0.1, 0.15) is 12.8 Å². The number of benzene rings is 1. The Hall–Kier alpha value is -1.11. The number of fused-ring (bicyclic) bond motifs is 1. The Kier molecular flexibility index (Phi) is 4.54. The van der Waals surface area contributed by atoms with Gasteiger partial charge in [-0.1, -0.05) is 23.9 Å². The van der Waals surface area contributed by atoms with Gasteiger partial charge in [0.25, 0.3) is 0 Å². The number of para-hydroxylation sites is 1. The summed E-state index contributed by atoms with van der Waals surface area (Å²) >= 11 is 3.15. The molecular weight excluding hydrogens is 290 g/mol. The quantitative estimate of drug-likeness (QED) is 0.832. The normalized spacial score (nSPS) is 18.5. The second kappa shape index (κ2) is 6.56. The molecule has 4 nitrogen and oxygen atoms in total. The molecule has 0 saturated carbocycles. The molecule has 0 bridgehead atoms. The lowest BCUT2D eigenvalue weighted by Gasteiger charge is -2.10. The van der Waals surface area contributed by atoms with Crippen LogP contribution in [0.5, 0.6) is 0 Å². The third-order valence-electron chi connectivity index (χ3n) is 3.31. The molecule has 1 aliphatic rings. The van der Waals surface area contributed by atoms with Crippen molar-refractivity contribution in [2.24, 2.45) is 0 Å². The average molecular weight is 307 g/mol.